The molecule has 0 spiro atoms. The molecule has 0 aromatic carbocycles. The molecule has 1 heterocycles. The van der Waals surface area contributed by atoms with Gasteiger partial charge in [0.2, 0.25) is 11.8 Å². The van der Waals surface area contributed by atoms with Crippen LogP contribution < -0.4 is 5.32 Å². The highest BCUT2D eigenvalue weighted by atomic mass is 16.2. The van der Waals surface area contributed by atoms with E-state index in [4.69, 9.17) is 0 Å². The molecule has 0 aromatic rings. The van der Waals surface area contributed by atoms with E-state index in [-0.39, 0.29) is 23.4 Å². The Hall–Kier alpha value is -1.10. The van der Waals surface area contributed by atoms with E-state index in [1.807, 2.05) is 11.8 Å². The molecule has 0 saturated carbocycles. The zero-order valence-electron chi connectivity index (χ0n) is 14.2. The number of hydrogen-bond acceptors (Lipinski definition) is 3. The SMILES string of the molecule is CC(CC(=O)NC(C)(C)CCCN(C)C)N1CCCC1=O. The lowest BCUT2D eigenvalue weighted by Gasteiger charge is -2.29. The maximum atomic E-state index is 12.2. The second kappa shape index (κ2) is 7.78. The first-order valence-corrected chi connectivity index (χ1v) is 7.96. The van der Waals surface area contributed by atoms with Crippen LogP contribution in [0.15, 0.2) is 0 Å². The van der Waals surface area contributed by atoms with Crippen molar-refractivity contribution in [3.63, 3.8) is 0 Å². The topological polar surface area (TPSA) is 52.7 Å². The Balaban J connectivity index is 2.35. The van der Waals surface area contributed by atoms with Crippen LogP contribution in [0.4, 0.5) is 0 Å². The van der Waals surface area contributed by atoms with E-state index in [1.54, 1.807) is 0 Å². The molecule has 5 nitrogen and oxygen atoms in total. The molecule has 1 N–H and O–H groups in total. The van der Waals surface area contributed by atoms with E-state index in [9.17, 15) is 9.59 Å². The molecule has 1 saturated heterocycles. The first-order valence-electron chi connectivity index (χ1n) is 7.96. The molecule has 1 aliphatic heterocycles. The van der Waals surface area contributed by atoms with Gasteiger partial charge in [-0.05, 0) is 60.7 Å². The molecule has 21 heavy (non-hydrogen) atoms. The van der Waals surface area contributed by atoms with E-state index < -0.39 is 0 Å². The summed E-state index contributed by atoms with van der Waals surface area (Å²) in [5.41, 5.74) is -0.193. The van der Waals surface area contributed by atoms with E-state index in [2.05, 4.69) is 38.2 Å². The lowest BCUT2D eigenvalue weighted by atomic mass is 9.97. The molecule has 0 aromatic heterocycles. The fourth-order valence-electron chi connectivity index (χ4n) is 2.84. The molecule has 0 radical (unpaired) electrons. The molecule has 1 fully saturated rings. The van der Waals surface area contributed by atoms with E-state index in [0.717, 1.165) is 32.4 Å². The van der Waals surface area contributed by atoms with Gasteiger partial charge >= 0.3 is 0 Å². The zero-order chi connectivity index (χ0) is 16.0. The second-order valence-corrected chi connectivity index (χ2v) is 7.08. The molecule has 0 bridgehead atoms. The summed E-state index contributed by atoms with van der Waals surface area (Å²) in [6.07, 6.45) is 3.94. The lowest BCUT2D eigenvalue weighted by molar-refractivity contribution is -0.131. The minimum atomic E-state index is -0.193. The third-order valence-electron chi connectivity index (χ3n) is 4.01. The number of likely N-dealkylation sites (tertiary alicyclic amines) is 1. The van der Waals surface area contributed by atoms with Crippen molar-refractivity contribution in [1.29, 1.82) is 0 Å². The van der Waals surface area contributed by atoms with Gasteiger partial charge in [-0.2, -0.15) is 0 Å². The molecule has 1 atom stereocenters. The zero-order valence-corrected chi connectivity index (χ0v) is 14.2. The Morgan fingerprint density at radius 3 is 2.62 bits per heavy atom. The highest BCUT2D eigenvalue weighted by Gasteiger charge is 2.28. The van der Waals surface area contributed by atoms with Gasteiger partial charge in [-0.25, -0.2) is 0 Å². The fraction of sp³-hybridized carbons (Fsp3) is 0.875. The highest BCUT2D eigenvalue weighted by Crippen LogP contribution is 2.17. The number of carbonyl (C=O) groups excluding carboxylic acids is 2. The summed E-state index contributed by atoms with van der Waals surface area (Å²) in [6, 6.07) is -0.00225. The number of carbonyl (C=O) groups is 2. The van der Waals surface area contributed by atoms with Crippen molar-refractivity contribution in [3.05, 3.63) is 0 Å². The standard InChI is InChI=1S/C16H31N3O2/c1-13(19-11-6-8-15(19)21)12-14(20)17-16(2,3)9-7-10-18(4)5/h13H,6-12H2,1-5H3,(H,17,20). The minimum absolute atomic E-state index is 0.00225. The first-order chi connectivity index (χ1) is 9.71. The quantitative estimate of drug-likeness (QED) is 0.741. The molecule has 2 amide bonds. The average Bonchev–Trinajstić information content (AvgIpc) is 2.73. The number of nitrogens with zero attached hydrogens (tertiary/aromatic N) is 2. The monoisotopic (exact) mass is 297 g/mol. The van der Waals surface area contributed by atoms with Crippen LogP contribution in [0.2, 0.25) is 0 Å². The molecule has 1 rings (SSSR count). The van der Waals surface area contributed by atoms with Crippen molar-refractivity contribution in [3.8, 4) is 0 Å². The maximum absolute atomic E-state index is 12.2. The largest absolute Gasteiger partial charge is 0.351 e. The summed E-state index contributed by atoms with van der Waals surface area (Å²) in [7, 11) is 4.11. The van der Waals surface area contributed by atoms with Crippen LogP contribution in [-0.2, 0) is 9.59 Å². The Morgan fingerprint density at radius 2 is 2.10 bits per heavy atom. The van der Waals surface area contributed by atoms with Crippen LogP contribution in [0.5, 0.6) is 0 Å². The van der Waals surface area contributed by atoms with Gasteiger partial charge in [-0.1, -0.05) is 0 Å². The summed E-state index contributed by atoms with van der Waals surface area (Å²) < 4.78 is 0. The first kappa shape index (κ1) is 18.0. The Bertz CT molecular complexity index is 367. The van der Waals surface area contributed by atoms with E-state index in [0.29, 0.717) is 12.8 Å². The van der Waals surface area contributed by atoms with Crippen LogP contribution in [0.25, 0.3) is 0 Å². The molecular weight excluding hydrogens is 266 g/mol. The normalized spacial score (nSPS) is 17.4. The van der Waals surface area contributed by atoms with Crippen LogP contribution in [0.1, 0.15) is 52.9 Å². The van der Waals surface area contributed by atoms with Gasteiger partial charge in [-0.3, -0.25) is 9.59 Å². The molecule has 5 heteroatoms. The number of amides is 2. The smallest absolute Gasteiger partial charge is 0.222 e. The Kier molecular flexibility index (Phi) is 6.65. The van der Waals surface area contributed by atoms with E-state index in [1.165, 1.54) is 0 Å². The van der Waals surface area contributed by atoms with Crippen molar-refractivity contribution < 1.29 is 9.59 Å². The average molecular weight is 297 g/mol. The van der Waals surface area contributed by atoms with Crippen molar-refractivity contribution in [2.24, 2.45) is 0 Å². The van der Waals surface area contributed by atoms with Crippen molar-refractivity contribution in [2.75, 3.05) is 27.2 Å². The van der Waals surface area contributed by atoms with Gasteiger partial charge in [0.1, 0.15) is 0 Å². The van der Waals surface area contributed by atoms with Crippen LogP contribution >= 0.6 is 0 Å². The van der Waals surface area contributed by atoms with Crippen molar-refractivity contribution in [1.82, 2.24) is 15.1 Å². The summed E-state index contributed by atoms with van der Waals surface area (Å²) in [4.78, 5) is 27.8. The van der Waals surface area contributed by atoms with Gasteiger partial charge in [-0.15, -0.1) is 0 Å². The molecule has 1 aliphatic rings. The van der Waals surface area contributed by atoms with E-state index >= 15 is 0 Å². The van der Waals surface area contributed by atoms with Gasteiger partial charge < -0.3 is 15.1 Å². The summed E-state index contributed by atoms with van der Waals surface area (Å²) >= 11 is 0. The van der Waals surface area contributed by atoms with Crippen LogP contribution in [0, 0.1) is 0 Å². The fourth-order valence-corrected chi connectivity index (χ4v) is 2.84. The number of nitrogens with one attached hydrogen (secondary N) is 1. The number of hydrogen-bond donors (Lipinski definition) is 1. The Labute approximate surface area is 129 Å². The Morgan fingerprint density at radius 1 is 1.43 bits per heavy atom. The van der Waals surface area contributed by atoms with Crippen LogP contribution in [0.3, 0.4) is 0 Å². The highest BCUT2D eigenvalue weighted by molar-refractivity contribution is 5.81. The minimum Gasteiger partial charge on any atom is -0.351 e. The van der Waals surface area contributed by atoms with Gasteiger partial charge in [0.15, 0.2) is 0 Å². The second-order valence-electron chi connectivity index (χ2n) is 7.08. The maximum Gasteiger partial charge on any atom is 0.222 e. The third-order valence-corrected chi connectivity index (χ3v) is 4.01. The molecule has 0 aliphatic carbocycles. The molecule has 1 unspecified atom stereocenters. The summed E-state index contributed by atoms with van der Waals surface area (Å²) in [5, 5.41) is 3.10. The predicted octanol–water partition coefficient (Wildman–Crippen LogP) is 1.62. The molecule has 122 valence electrons. The van der Waals surface area contributed by atoms with Gasteiger partial charge in [0, 0.05) is 31.0 Å². The summed E-state index contributed by atoms with van der Waals surface area (Å²) in [6.45, 7) is 7.90. The predicted molar refractivity (Wildman–Crippen MR) is 85.0 cm³/mol. The summed E-state index contributed by atoms with van der Waals surface area (Å²) in [5.74, 6) is 0.220. The van der Waals surface area contributed by atoms with Crippen LogP contribution in [-0.4, -0.2) is 60.4 Å². The van der Waals surface area contributed by atoms with Gasteiger partial charge in [0.05, 0.1) is 0 Å². The number of rotatable bonds is 8. The van der Waals surface area contributed by atoms with Gasteiger partial charge in [0.25, 0.3) is 0 Å². The van der Waals surface area contributed by atoms with Crippen molar-refractivity contribution in [2.45, 2.75) is 64.5 Å². The lowest BCUT2D eigenvalue weighted by Crippen LogP contribution is -2.46. The van der Waals surface area contributed by atoms with Crippen molar-refractivity contribution >= 4 is 11.8 Å². The molecular formula is C16H31N3O2. The third kappa shape index (κ3) is 6.46.